The van der Waals surface area contributed by atoms with E-state index in [0.717, 1.165) is 11.3 Å². The summed E-state index contributed by atoms with van der Waals surface area (Å²) < 4.78 is 0. The lowest BCUT2D eigenvalue weighted by Crippen LogP contribution is -2.37. The highest BCUT2D eigenvalue weighted by atomic mass is 16.2. The summed E-state index contributed by atoms with van der Waals surface area (Å²) in [5, 5.41) is 2.90. The summed E-state index contributed by atoms with van der Waals surface area (Å²) in [6.07, 6.45) is 0. The predicted molar refractivity (Wildman–Crippen MR) is 76.7 cm³/mol. The Morgan fingerprint density at radius 3 is 2.67 bits per heavy atom. The number of benzene rings is 1. The van der Waals surface area contributed by atoms with E-state index in [1.165, 1.54) is 0 Å². The van der Waals surface area contributed by atoms with Crippen LogP contribution in [-0.2, 0) is 4.79 Å². The summed E-state index contributed by atoms with van der Waals surface area (Å²) in [5.74, 6) is 0.483. The first-order valence-corrected chi connectivity index (χ1v) is 6.24. The maximum Gasteiger partial charge on any atom is 0.239 e. The Bertz CT molecular complexity index is 395. The average molecular weight is 249 g/mol. The van der Waals surface area contributed by atoms with Crippen LogP contribution >= 0.6 is 0 Å². The van der Waals surface area contributed by atoms with Gasteiger partial charge in [0, 0.05) is 13.6 Å². The van der Waals surface area contributed by atoms with Crippen molar-refractivity contribution < 1.29 is 4.79 Å². The second-order valence-electron chi connectivity index (χ2n) is 5.07. The molecule has 100 valence electrons. The van der Waals surface area contributed by atoms with Gasteiger partial charge in [0.25, 0.3) is 0 Å². The average Bonchev–Trinajstić information content (AvgIpc) is 2.26. The molecule has 0 aliphatic rings. The minimum absolute atomic E-state index is 0.0221. The number of likely N-dealkylation sites (N-methyl/N-ethyl adjacent to an activating group) is 1. The predicted octanol–water partition coefficient (Wildman–Crippen LogP) is 1.79. The van der Waals surface area contributed by atoms with Gasteiger partial charge in [-0.1, -0.05) is 26.0 Å². The van der Waals surface area contributed by atoms with E-state index in [0.29, 0.717) is 24.7 Å². The zero-order valence-corrected chi connectivity index (χ0v) is 11.7. The third kappa shape index (κ3) is 3.95. The Morgan fingerprint density at radius 2 is 2.11 bits per heavy atom. The summed E-state index contributed by atoms with van der Waals surface area (Å²) in [7, 11) is 1.88. The fourth-order valence-corrected chi connectivity index (χ4v) is 1.87. The van der Waals surface area contributed by atoms with Crippen LogP contribution < -0.4 is 16.0 Å². The minimum atomic E-state index is 0.0221. The largest absolute Gasteiger partial charge is 0.397 e. The van der Waals surface area contributed by atoms with Gasteiger partial charge in [-0.3, -0.25) is 4.79 Å². The maximum atomic E-state index is 11.8. The number of nitrogens with zero attached hydrogens (tertiary/aromatic N) is 1. The van der Waals surface area contributed by atoms with Crippen molar-refractivity contribution in [2.75, 3.05) is 30.8 Å². The van der Waals surface area contributed by atoms with E-state index in [2.05, 4.69) is 19.2 Å². The van der Waals surface area contributed by atoms with Gasteiger partial charge in [0.2, 0.25) is 5.91 Å². The molecule has 4 nitrogen and oxygen atoms in total. The van der Waals surface area contributed by atoms with E-state index in [-0.39, 0.29) is 5.91 Å². The van der Waals surface area contributed by atoms with E-state index in [4.69, 9.17) is 5.73 Å². The van der Waals surface area contributed by atoms with Crippen molar-refractivity contribution >= 4 is 17.3 Å². The third-order valence-corrected chi connectivity index (χ3v) is 2.74. The molecule has 4 heteroatoms. The lowest BCUT2D eigenvalue weighted by molar-refractivity contribution is -0.119. The van der Waals surface area contributed by atoms with Crippen molar-refractivity contribution in [3.63, 3.8) is 0 Å². The number of carbonyl (C=O) groups excluding carboxylic acids is 1. The Kier molecular flexibility index (Phi) is 5.01. The van der Waals surface area contributed by atoms with Gasteiger partial charge < -0.3 is 16.0 Å². The van der Waals surface area contributed by atoms with E-state index in [9.17, 15) is 4.79 Å². The van der Waals surface area contributed by atoms with Crippen molar-refractivity contribution in [2.24, 2.45) is 5.92 Å². The van der Waals surface area contributed by atoms with Gasteiger partial charge in [0.15, 0.2) is 0 Å². The number of hydrogen-bond donors (Lipinski definition) is 2. The molecule has 3 N–H and O–H groups in total. The van der Waals surface area contributed by atoms with Gasteiger partial charge in [0.05, 0.1) is 17.9 Å². The lowest BCUT2D eigenvalue weighted by atomic mass is 10.1. The number of nitrogens with two attached hydrogens (primary N) is 1. The second-order valence-corrected chi connectivity index (χ2v) is 5.07. The molecular formula is C14H23N3O. The topological polar surface area (TPSA) is 58.4 Å². The molecule has 1 amide bonds. The molecule has 0 saturated heterocycles. The van der Waals surface area contributed by atoms with Crippen LogP contribution in [-0.4, -0.2) is 26.0 Å². The van der Waals surface area contributed by atoms with Gasteiger partial charge in [-0.2, -0.15) is 0 Å². The van der Waals surface area contributed by atoms with Gasteiger partial charge >= 0.3 is 0 Å². The Morgan fingerprint density at radius 1 is 1.44 bits per heavy atom. The van der Waals surface area contributed by atoms with E-state index in [1.54, 1.807) is 0 Å². The quantitative estimate of drug-likeness (QED) is 0.782. The summed E-state index contributed by atoms with van der Waals surface area (Å²) in [6.45, 7) is 7.17. The lowest BCUT2D eigenvalue weighted by Gasteiger charge is -2.22. The fourth-order valence-electron chi connectivity index (χ4n) is 1.87. The summed E-state index contributed by atoms with van der Waals surface area (Å²) in [5.41, 5.74) is 8.66. The third-order valence-electron chi connectivity index (χ3n) is 2.74. The number of amides is 1. The standard InChI is InChI=1S/C14H23N3O/c1-10(2)8-16-13(18)9-17(4)14-11(3)6-5-7-12(14)15/h5-7,10H,8-9,15H2,1-4H3,(H,16,18). The zero-order chi connectivity index (χ0) is 13.7. The molecule has 0 aliphatic carbocycles. The Hall–Kier alpha value is -1.71. The highest BCUT2D eigenvalue weighted by molar-refractivity contribution is 5.83. The van der Waals surface area contributed by atoms with Crippen molar-refractivity contribution in [3.05, 3.63) is 23.8 Å². The molecule has 1 aromatic carbocycles. The van der Waals surface area contributed by atoms with Gasteiger partial charge in [-0.05, 0) is 24.5 Å². The molecule has 0 spiro atoms. The summed E-state index contributed by atoms with van der Waals surface area (Å²) in [6, 6.07) is 5.76. The zero-order valence-electron chi connectivity index (χ0n) is 11.7. The molecule has 0 unspecified atom stereocenters. The van der Waals surface area contributed by atoms with Crippen LogP contribution in [0.25, 0.3) is 0 Å². The number of hydrogen-bond acceptors (Lipinski definition) is 3. The summed E-state index contributed by atoms with van der Waals surface area (Å²) >= 11 is 0. The molecule has 1 rings (SSSR count). The van der Waals surface area contributed by atoms with Gasteiger partial charge in [-0.25, -0.2) is 0 Å². The van der Waals surface area contributed by atoms with E-state index < -0.39 is 0 Å². The van der Waals surface area contributed by atoms with Crippen LogP contribution in [0.2, 0.25) is 0 Å². The van der Waals surface area contributed by atoms with Crippen LogP contribution in [0, 0.1) is 12.8 Å². The molecule has 0 aliphatic heterocycles. The van der Waals surface area contributed by atoms with Crippen molar-refractivity contribution in [2.45, 2.75) is 20.8 Å². The number of nitrogens with one attached hydrogen (secondary N) is 1. The van der Waals surface area contributed by atoms with E-state index in [1.807, 2.05) is 37.1 Å². The number of anilines is 2. The molecule has 0 heterocycles. The van der Waals surface area contributed by atoms with Crippen LogP contribution in [0.4, 0.5) is 11.4 Å². The minimum Gasteiger partial charge on any atom is -0.397 e. The number of aryl methyl sites for hydroxylation is 1. The normalized spacial score (nSPS) is 10.5. The highest BCUT2D eigenvalue weighted by Crippen LogP contribution is 2.25. The molecule has 0 aromatic heterocycles. The first-order valence-electron chi connectivity index (χ1n) is 6.24. The Labute approximate surface area is 109 Å². The van der Waals surface area contributed by atoms with Gasteiger partial charge in [-0.15, -0.1) is 0 Å². The SMILES string of the molecule is Cc1cccc(N)c1N(C)CC(=O)NCC(C)C. The molecule has 0 saturated carbocycles. The van der Waals surface area contributed by atoms with Crippen molar-refractivity contribution in [3.8, 4) is 0 Å². The highest BCUT2D eigenvalue weighted by Gasteiger charge is 2.12. The first-order chi connectivity index (χ1) is 8.41. The first kappa shape index (κ1) is 14.4. The number of nitrogen functional groups attached to an aromatic ring is 1. The molecule has 1 aromatic rings. The number of rotatable bonds is 5. The Balaban J connectivity index is 2.65. The van der Waals surface area contributed by atoms with Crippen molar-refractivity contribution in [1.29, 1.82) is 0 Å². The molecule has 18 heavy (non-hydrogen) atoms. The van der Waals surface area contributed by atoms with Crippen LogP contribution in [0.1, 0.15) is 19.4 Å². The summed E-state index contributed by atoms with van der Waals surface area (Å²) in [4.78, 5) is 13.6. The van der Waals surface area contributed by atoms with Crippen LogP contribution in [0.15, 0.2) is 18.2 Å². The second kappa shape index (κ2) is 6.28. The van der Waals surface area contributed by atoms with E-state index >= 15 is 0 Å². The maximum absolute atomic E-state index is 11.8. The van der Waals surface area contributed by atoms with Crippen LogP contribution in [0.3, 0.4) is 0 Å². The van der Waals surface area contributed by atoms with Crippen molar-refractivity contribution in [1.82, 2.24) is 5.32 Å². The molecule has 0 radical (unpaired) electrons. The van der Waals surface area contributed by atoms with Crippen LogP contribution in [0.5, 0.6) is 0 Å². The number of carbonyl (C=O) groups is 1. The molecule has 0 fully saturated rings. The number of para-hydroxylation sites is 1. The molecule has 0 bridgehead atoms. The fraction of sp³-hybridized carbons (Fsp3) is 0.500. The molecule has 0 atom stereocenters. The smallest absolute Gasteiger partial charge is 0.239 e. The van der Waals surface area contributed by atoms with Gasteiger partial charge in [0.1, 0.15) is 0 Å². The molecular weight excluding hydrogens is 226 g/mol. The monoisotopic (exact) mass is 249 g/mol.